The zero-order valence-electron chi connectivity index (χ0n) is 15.8. The van der Waals surface area contributed by atoms with Crippen molar-refractivity contribution in [3.05, 3.63) is 111 Å². The molecular formula is C23H17BrN4O2. The van der Waals surface area contributed by atoms with Crippen molar-refractivity contribution in [2.45, 2.75) is 6.54 Å². The van der Waals surface area contributed by atoms with Gasteiger partial charge in [0, 0.05) is 4.47 Å². The molecule has 7 heteroatoms. The van der Waals surface area contributed by atoms with Gasteiger partial charge < -0.3 is 0 Å². The van der Waals surface area contributed by atoms with Gasteiger partial charge in [0.25, 0.3) is 5.56 Å². The van der Waals surface area contributed by atoms with Gasteiger partial charge in [-0.05, 0) is 35.4 Å². The van der Waals surface area contributed by atoms with Crippen molar-refractivity contribution in [2.24, 2.45) is 5.10 Å². The zero-order chi connectivity index (χ0) is 20.9. The van der Waals surface area contributed by atoms with Crippen molar-refractivity contribution >= 4 is 39.0 Å². The number of hydrogen-bond acceptors (Lipinski definition) is 4. The third-order valence-electron chi connectivity index (χ3n) is 4.50. The summed E-state index contributed by atoms with van der Waals surface area (Å²) in [5.74, 6) is -0.544. The molecule has 0 radical (unpaired) electrons. The van der Waals surface area contributed by atoms with Crippen molar-refractivity contribution < 1.29 is 4.79 Å². The number of para-hydroxylation sites is 1. The number of amides is 1. The van der Waals surface area contributed by atoms with Gasteiger partial charge in [0.2, 0.25) is 5.82 Å². The second-order valence-corrected chi connectivity index (χ2v) is 7.50. The lowest BCUT2D eigenvalue weighted by Crippen LogP contribution is -2.32. The number of fused-ring (bicyclic) bond motifs is 1. The molecule has 0 spiro atoms. The summed E-state index contributed by atoms with van der Waals surface area (Å²) in [5, 5.41) is 4.47. The maximum absolute atomic E-state index is 13.1. The Morgan fingerprint density at radius 1 is 1.00 bits per heavy atom. The average molecular weight is 461 g/mol. The van der Waals surface area contributed by atoms with E-state index in [4.69, 9.17) is 0 Å². The van der Waals surface area contributed by atoms with Crippen LogP contribution in [-0.2, 0) is 6.54 Å². The second kappa shape index (κ2) is 8.84. The first kappa shape index (κ1) is 19.7. The highest BCUT2D eigenvalue weighted by molar-refractivity contribution is 9.10. The highest BCUT2D eigenvalue weighted by Crippen LogP contribution is 2.11. The third kappa shape index (κ3) is 4.36. The molecule has 148 valence electrons. The zero-order valence-corrected chi connectivity index (χ0v) is 17.4. The fourth-order valence-electron chi connectivity index (χ4n) is 3.02. The maximum atomic E-state index is 13.1. The molecule has 0 unspecified atom stereocenters. The Hall–Kier alpha value is -3.58. The monoisotopic (exact) mass is 460 g/mol. The Balaban J connectivity index is 1.69. The van der Waals surface area contributed by atoms with Crippen molar-refractivity contribution in [3.8, 4) is 0 Å². The molecule has 0 bridgehead atoms. The molecule has 0 saturated carbocycles. The average Bonchev–Trinajstić information content (AvgIpc) is 2.77. The number of nitrogens with one attached hydrogen (secondary N) is 1. The quantitative estimate of drug-likeness (QED) is 0.361. The minimum atomic E-state index is -0.554. The third-order valence-corrected chi connectivity index (χ3v) is 5.03. The van der Waals surface area contributed by atoms with E-state index in [1.165, 1.54) is 10.8 Å². The molecule has 0 atom stereocenters. The fraction of sp³-hybridized carbons (Fsp3) is 0.0435. The molecule has 1 amide bonds. The highest BCUT2D eigenvalue weighted by atomic mass is 79.9. The minimum Gasteiger partial charge on any atom is -0.283 e. The summed E-state index contributed by atoms with van der Waals surface area (Å²) in [6, 6.07) is 23.9. The molecule has 1 N–H and O–H groups in total. The van der Waals surface area contributed by atoms with Gasteiger partial charge in [-0.3, -0.25) is 14.2 Å². The number of halogens is 1. The Labute approximate surface area is 181 Å². The molecule has 1 aromatic heterocycles. The molecule has 0 saturated heterocycles. The number of rotatable bonds is 5. The van der Waals surface area contributed by atoms with Crippen LogP contribution in [0.2, 0.25) is 0 Å². The normalized spacial score (nSPS) is 11.1. The van der Waals surface area contributed by atoms with Gasteiger partial charge in [-0.15, -0.1) is 0 Å². The lowest BCUT2D eigenvalue weighted by Gasteiger charge is -2.12. The number of carbonyl (C=O) groups is 1. The standard InChI is InChI=1S/C23H17BrN4O2/c24-18-12-10-16(11-13-18)14-25-27-22(29)21-26-20-9-5-4-8-19(20)23(30)28(21)15-17-6-2-1-3-7-17/h1-14H,15H2,(H,27,29)/b25-14-. The molecule has 0 aliphatic rings. The number of aromatic nitrogens is 2. The van der Waals surface area contributed by atoms with E-state index in [2.05, 4.69) is 31.4 Å². The van der Waals surface area contributed by atoms with Crippen molar-refractivity contribution in [2.75, 3.05) is 0 Å². The smallest absolute Gasteiger partial charge is 0.283 e. The predicted octanol–water partition coefficient (Wildman–Crippen LogP) is 3.97. The summed E-state index contributed by atoms with van der Waals surface area (Å²) in [7, 11) is 0. The predicted molar refractivity (Wildman–Crippen MR) is 121 cm³/mol. The van der Waals surface area contributed by atoms with Crippen LogP contribution < -0.4 is 11.0 Å². The molecule has 4 rings (SSSR count). The van der Waals surface area contributed by atoms with E-state index in [1.54, 1.807) is 24.3 Å². The largest absolute Gasteiger partial charge is 0.307 e. The van der Waals surface area contributed by atoms with Crippen LogP contribution >= 0.6 is 15.9 Å². The van der Waals surface area contributed by atoms with Crippen LogP contribution in [0.4, 0.5) is 0 Å². The highest BCUT2D eigenvalue weighted by Gasteiger charge is 2.17. The van der Waals surface area contributed by atoms with Crippen LogP contribution in [0.25, 0.3) is 10.9 Å². The van der Waals surface area contributed by atoms with Gasteiger partial charge in [-0.25, -0.2) is 10.4 Å². The van der Waals surface area contributed by atoms with Gasteiger partial charge in [0.05, 0.1) is 23.7 Å². The Morgan fingerprint density at radius 2 is 1.70 bits per heavy atom. The van der Waals surface area contributed by atoms with E-state index in [1.807, 2.05) is 54.6 Å². The van der Waals surface area contributed by atoms with Crippen LogP contribution in [0, 0.1) is 0 Å². The number of nitrogens with zero attached hydrogens (tertiary/aromatic N) is 3. The molecule has 0 aliphatic carbocycles. The second-order valence-electron chi connectivity index (χ2n) is 6.58. The lowest BCUT2D eigenvalue weighted by atomic mass is 10.2. The van der Waals surface area contributed by atoms with E-state index in [0.717, 1.165) is 15.6 Å². The SMILES string of the molecule is O=C(N/N=C\c1ccc(Br)cc1)c1nc2ccccc2c(=O)n1Cc1ccccc1. The topological polar surface area (TPSA) is 76.3 Å². The van der Waals surface area contributed by atoms with Crippen molar-refractivity contribution in [3.63, 3.8) is 0 Å². The van der Waals surface area contributed by atoms with E-state index >= 15 is 0 Å². The summed E-state index contributed by atoms with van der Waals surface area (Å²) < 4.78 is 2.33. The molecule has 0 aliphatic heterocycles. The van der Waals surface area contributed by atoms with E-state index in [-0.39, 0.29) is 17.9 Å². The Bertz CT molecular complexity index is 1280. The molecule has 1 heterocycles. The van der Waals surface area contributed by atoms with Crippen LogP contribution in [0.15, 0.2) is 93.2 Å². The summed E-state index contributed by atoms with van der Waals surface area (Å²) in [6.07, 6.45) is 1.53. The Kier molecular flexibility index (Phi) is 5.81. The van der Waals surface area contributed by atoms with Gasteiger partial charge in [0.1, 0.15) is 0 Å². The number of benzene rings is 3. The van der Waals surface area contributed by atoms with Gasteiger partial charge in [-0.2, -0.15) is 5.10 Å². The fourth-order valence-corrected chi connectivity index (χ4v) is 3.28. The van der Waals surface area contributed by atoms with Crippen LogP contribution in [0.3, 0.4) is 0 Å². The summed E-state index contributed by atoms with van der Waals surface area (Å²) in [6.45, 7) is 0.233. The van der Waals surface area contributed by atoms with Gasteiger partial charge in [-0.1, -0.05) is 70.5 Å². The molecule has 30 heavy (non-hydrogen) atoms. The first-order valence-electron chi connectivity index (χ1n) is 9.24. The van der Waals surface area contributed by atoms with Gasteiger partial charge in [0.15, 0.2) is 0 Å². The number of hydrogen-bond donors (Lipinski definition) is 1. The molecule has 3 aromatic carbocycles. The summed E-state index contributed by atoms with van der Waals surface area (Å²) in [5.41, 5.74) is 4.39. The summed E-state index contributed by atoms with van der Waals surface area (Å²) in [4.78, 5) is 30.4. The van der Waals surface area contributed by atoms with Crippen LogP contribution in [-0.4, -0.2) is 21.7 Å². The minimum absolute atomic E-state index is 0.00973. The van der Waals surface area contributed by atoms with Gasteiger partial charge >= 0.3 is 5.91 Å². The van der Waals surface area contributed by atoms with Crippen LogP contribution in [0.5, 0.6) is 0 Å². The molecule has 4 aromatic rings. The van der Waals surface area contributed by atoms with E-state index < -0.39 is 5.91 Å². The first-order chi connectivity index (χ1) is 14.6. The molecule has 6 nitrogen and oxygen atoms in total. The summed E-state index contributed by atoms with van der Waals surface area (Å²) >= 11 is 3.37. The Morgan fingerprint density at radius 3 is 2.47 bits per heavy atom. The molecule has 0 fully saturated rings. The number of carbonyl (C=O) groups excluding carboxylic acids is 1. The lowest BCUT2D eigenvalue weighted by molar-refractivity contribution is 0.0939. The van der Waals surface area contributed by atoms with Crippen LogP contribution in [0.1, 0.15) is 21.7 Å². The first-order valence-corrected chi connectivity index (χ1v) is 10.0. The van der Waals surface area contributed by atoms with Crippen molar-refractivity contribution in [1.29, 1.82) is 0 Å². The maximum Gasteiger partial charge on any atom is 0.307 e. The van der Waals surface area contributed by atoms with E-state index in [0.29, 0.717) is 10.9 Å². The van der Waals surface area contributed by atoms with E-state index in [9.17, 15) is 9.59 Å². The molecular weight excluding hydrogens is 444 g/mol. The number of hydrazone groups is 1. The van der Waals surface area contributed by atoms with Crippen molar-refractivity contribution in [1.82, 2.24) is 15.0 Å².